The Kier molecular flexibility index (Phi) is 3.79. The number of hydrogen-bond donors (Lipinski definition) is 0. The van der Waals surface area contributed by atoms with Gasteiger partial charge in [-0.2, -0.15) is 0 Å². The minimum atomic E-state index is 0.0620. The van der Waals surface area contributed by atoms with Crippen LogP contribution in [0.2, 0.25) is 0 Å². The number of aromatic nitrogens is 1. The lowest BCUT2D eigenvalue weighted by Gasteiger charge is -2.30. The van der Waals surface area contributed by atoms with Crippen molar-refractivity contribution in [2.75, 3.05) is 0 Å². The molecule has 0 spiro atoms. The number of carbonyl (C=O) groups is 1. The Morgan fingerprint density at radius 1 is 1.53 bits per heavy atom. The highest BCUT2D eigenvalue weighted by atomic mass is 35.5. The van der Waals surface area contributed by atoms with Crippen LogP contribution in [-0.2, 0) is 17.2 Å². The van der Waals surface area contributed by atoms with Crippen molar-refractivity contribution < 1.29 is 4.79 Å². The minimum Gasteiger partial charge on any atom is -0.330 e. The van der Waals surface area contributed by atoms with Crippen molar-refractivity contribution >= 4 is 17.5 Å². The highest BCUT2D eigenvalue weighted by molar-refractivity contribution is 6.17. The topological polar surface area (TPSA) is 33.2 Å². The molecule has 17 heavy (non-hydrogen) atoms. The van der Waals surface area contributed by atoms with Gasteiger partial charge in [0.15, 0.2) is 0 Å². The van der Waals surface area contributed by atoms with E-state index in [0.717, 1.165) is 17.7 Å². The van der Waals surface area contributed by atoms with Crippen molar-refractivity contribution in [1.29, 1.82) is 0 Å². The summed E-state index contributed by atoms with van der Waals surface area (Å²) in [5.41, 5.74) is 1.89. The van der Waals surface area contributed by atoms with Gasteiger partial charge in [0.05, 0.1) is 12.2 Å². The summed E-state index contributed by atoms with van der Waals surface area (Å²) in [5, 5.41) is 0. The Hall–Kier alpha value is -1.35. The molecular weight excluding hydrogens is 236 g/mol. The first-order chi connectivity index (χ1) is 8.20. The number of nitrogens with zero attached hydrogens (tertiary/aromatic N) is 2. The number of halogens is 1. The minimum absolute atomic E-state index is 0.0620. The molecule has 1 atom stereocenters. The van der Waals surface area contributed by atoms with Crippen LogP contribution in [0.5, 0.6) is 0 Å². The van der Waals surface area contributed by atoms with Crippen LogP contribution in [0.3, 0.4) is 0 Å². The Morgan fingerprint density at radius 3 is 2.94 bits per heavy atom. The summed E-state index contributed by atoms with van der Waals surface area (Å²) in [4.78, 5) is 17.9. The molecule has 0 aromatic carbocycles. The maximum absolute atomic E-state index is 11.7. The van der Waals surface area contributed by atoms with Crippen LogP contribution in [0.15, 0.2) is 30.5 Å². The first kappa shape index (κ1) is 12.1. The average molecular weight is 251 g/mol. The zero-order valence-corrected chi connectivity index (χ0v) is 10.5. The van der Waals surface area contributed by atoms with E-state index in [1.165, 1.54) is 0 Å². The molecule has 1 unspecified atom stereocenters. The summed E-state index contributed by atoms with van der Waals surface area (Å²) < 4.78 is 0. The molecule has 1 aromatic heterocycles. The lowest BCUT2D eigenvalue weighted by atomic mass is 10.1. The number of carbonyl (C=O) groups excluding carboxylic acids is 1. The van der Waals surface area contributed by atoms with Gasteiger partial charge in [0.25, 0.3) is 0 Å². The summed E-state index contributed by atoms with van der Waals surface area (Å²) in [5.74, 6) is 0.529. The summed E-state index contributed by atoms with van der Waals surface area (Å²) in [6.45, 7) is 2.61. The molecule has 0 saturated carbocycles. The third-order valence-electron chi connectivity index (χ3n) is 2.93. The molecule has 90 valence electrons. The summed E-state index contributed by atoms with van der Waals surface area (Å²) in [6.07, 6.45) is 6.23. The molecule has 2 heterocycles. The van der Waals surface area contributed by atoms with Crippen molar-refractivity contribution in [2.24, 2.45) is 0 Å². The fraction of sp³-hybridized carbons (Fsp3) is 0.385. The molecule has 0 saturated heterocycles. The zero-order valence-electron chi connectivity index (χ0n) is 9.77. The quantitative estimate of drug-likeness (QED) is 0.773. The molecule has 0 N–H and O–H groups in total. The van der Waals surface area contributed by atoms with Crippen molar-refractivity contribution in [3.8, 4) is 0 Å². The molecule has 1 aliphatic heterocycles. The van der Waals surface area contributed by atoms with E-state index in [4.69, 9.17) is 11.6 Å². The Morgan fingerprint density at radius 2 is 2.35 bits per heavy atom. The number of pyridine rings is 1. The molecule has 4 heteroatoms. The van der Waals surface area contributed by atoms with Crippen molar-refractivity contribution in [2.45, 2.75) is 31.8 Å². The number of alkyl halides is 1. The Bertz CT molecular complexity index is 428. The van der Waals surface area contributed by atoms with Crippen molar-refractivity contribution in [3.05, 3.63) is 41.7 Å². The summed E-state index contributed by atoms with van der Waals surface area (Å²) in [7, 11) is 0. The lowest BCUT2D eigenvalue weighted by molar-refractivity contribution is -0.129. The van der Waals surface area contributed by atoms with Crippen LogP contribution < -0.4 is 0 Å². The predicted octanol–water partition coefficient (Wildman–Crippen LogP) is 2.50. The summed E-state index contributed by atoms with van der Waals surface area (Å²) in [6, 6.07) is 4.11. The molecule has 1 amide bonds. The van der Waals surface area contributed by atoms with Gasteiger partial charge in [0.1, 0.15) is 0 Å². The Labute approximate surface area is 106 Å². The van der Waals surface area contributed by atoms with E-state index >= 15 is 0 Å². The molecule has 1 aliphatic rings. The smallest absolute Gasteiger partial charge is 0.246 e. The van der Waals surface area contributed by atoms with E-state index in [0.29, 0.717) is 12.4 Å². The van der Waals surface area contributed by atoms with Gasteiger partial charge in [0, 0.05) is 18.1 Å². The van der Waals surface area contributed by atoms with Gasteiger partial charge in [0.2, 0.25) is 5.91 Å². The fourth-order valence-corrected chi connectivity index (χ4v) is 2.00. The number of amides is 1. The molecule has 0 radical (unpaired) electrons. The third kappa shape index (κ3) is 2.86. The molecule has 0 bridgehead atoms. The molecule has 1 aromatic rings. The van der Waals surface area contributed by atoms with Crippen LogP contribution >= 0.6 is 11.6 Å². The third-order valence-corrected chi connectivity index (χ3v) is 3.23. The number of rotatable bonds is 3. The van der Waals surface area contributed by atoms with E-state index in [-0.39, 0.29) is 11.9 Å². The maximum atomic E-state index is 11.7. The van der Waals surface area contributed by atoms with Gasteiger partial charge >= 0.3 is 0 Å². The predicted molar refractivity (Wildman–Crippen MR) is 67.6 cm³/mol. The van der Waals surface area contributed by atoms with E-state index in [1.54, 1.807) is 12.3 Å². The number of hydrogen-bond acceptors (Lipinski definition) is 2. The first-order valence-electron chi connectivity index (χ1n) is 5.67. The van der Waals surface area contributed by atoms with Crippen molar-refractivity contribution in [3.63, 3.8) is 0 Å². The van der Waals surface area contributed by atoms with Crippen LogP contribution in [0, 0.1) is 0 Å². The zero-order chi connectivity index (χ0) is 12.3. The molecule has 3 nitrogen and oxygen atoms in total. The van der Waals surface area contributed by atoms with Crippen LogP contribution in [0.1, 0.15) is 24.6 Å². The molecule has 0 fully saturated rings. The highest BCUT2D eigenvalue weighted by Gasteiger charge is 2.21. The molecule has 0 aliphatic carbocycles. The normalized spacial score (nSPS) is 19.8. The lowest BCUT2D eigenvalue weighted by Crippen LogP contribution is -2.39. The van der Waals surface area contributed by atoms with Gasteiger partial charge in [-0.25, -0.2) is 0 Å². The molecular formula is C13H15ClN2O. The van der Waals surface area contributed by atoms with Crippen LogP contribution in [0.25, 0.3) is 0 Å². The average Bonchev–Trinajstić information content (AvgIpc) is 2.35. The highest BCUT2D eigenvalue weighted by Crippen LogP contribution is 2.15. The monoisotopic (exact) mass is 250 g/mol. The van der Waals surface area contributed by atoms with E-state index in [1.807, 2.05) is 23.1 Å². The maximum Gasteiger partial charge on any atom is 0.246 e. The van der Waals surface area contributed by atoms with Gasteiger partial charge in [-0.3, -0.25) is 9.78 Å². The second-order valence-corrected chi connectivity index (χ2v) is 4.51. The van der Waals surface area contributed by atoms with Gasteiger partial charge in [-0.1, -0.05) is 12.1 Å². The van der Waals surface area contributed by atoms with Crippen molar-refractivity contribution in [1.82, 2.24) is 9.88 Å². The Balaban J connectivity index is 2.09. The second kappa shape index (κ2) is 5.32. The van der Waals surface area contributed by atoms with E-state index in [9.17, 15) is 4.79 Å². The first-order valence-corrected chi connectivity index (χ1v) is 6.21. The second-order valence-electron chi connectivity index (χ2n) is 4.24. The SMILES string of the molecule is CC1CC=CC(=O)N1Cc1ccc(CCl)cn1. The molecule has 2 rings (SSSR count). The standard InChI is InChI=1S/C13H15ClN2O/c1-10-3-2-4-13(17)16(10)9-12-6-5-11(7-14)8-15-12/h2,4-6,8,10H,3,7,9H2,1H3. The largest absolute Gasteiger partial charge is 0.330 e. The van der Waals surface area contributed by atoms with Gasteiger partial charge in [-0.05, 0) is 31.1 Å². The van der Waals surface area contributed by atoms with Gasteiger partial charge < -0.3 is 4.90 Å². The van der Waals surface area contributed by atoms with E-state index in [2.05, 4.69) is 11.9 Å². The fourth-order valence-electron chi connectivity index (χ4n) is 1.84. The van der Waals surface area contributed by atoms with E-state index < -0.39 is 0 Å². The van der Waals surface area contributed by atoms with Crippen LogP contribution in [-0.4, -0.2) is 21.8 Å². The van der Waals surface area contributed by atoms with Crippen LogP contribution in [0.4, 0.5) is 0 Å². The van der Waals surface area contributed by atoms with Gasteiger partial charge in [-0.15, -0.1) is 11.6 Å². The summed E-state index contributed by atoms with van der Waals surface area (Å²) >= 11 is 5.70.